The summed E-state index contributed by atoms with van der Waals surface area (Å²) in [6.07, 6.45) is 3.94. The van der Waals surface area contributed by atoms with Crippen LogP contribution in [-0.2, 0) is 29.6 Å². The highest BCUT2D eigenvalue weighted by molar-refractivity contribution is 7.92. The molecule has 3 aromatic carbocycles. The molecule has 1 aromatic heterocycles. The highest BCUT2D eigenvalue weighted by Gasteiger charge is 2.41. The van der Waals surface area contributed by atoms with Crippen LogP contribution in [0.3, 0.4) is 0 Å². The normalized spacial score (nSPS) is 19.7. The van der Waals surface area contributed by atoms with Gasteiger partial charge < -0.3 is 9.64 Å². The van der Waals surface area contributed by atoms with Gasteiger partial charge in [0.1, 0.15) is 11.7 Å². The molecule has 2 unspecified atom stereocenters. The monoisotopic (exact) mass is 842 g/mol. The SMILES string of the molecule is Cc1ccc(NS(C)(=O)=O)cc1.[C-]#[N+]C1=C(C(=O)OC2C(C)CC(C)CC2C)c2nc(-c3ccc(C)cc3)nn2C1=Nc1ccc(N(CC)CCNS(C)(=O)=O)cc1C. The van der Waals surface area contributed by atoms with Crippen molar-refractivity contribution in [1.29, 1.82) is 0 Å². The maximum atomic E-state index is 14.0. The zero-order chi connectivity index (χ0) is 43.2. The number of hydrogen-bond acceptors (Lipinski definition) is 10. The van der Waals surface area contributed by atoms with Crippen LogP contribution in [-0.4, -0.2) is 81.7 Å². The van der Waals surface area contributed by atoms with Gasteiger partial charge in [-0.3, -0.25) is 4.72 Å². The average molecular weight is 843 g/mol. The van der Waals surface area contributed by atoms with Crippen molar-refractivity contribution in [3.63, 3.8) is 0 Å². The molecule has 0 bridgehead atoms. The van der Waals surface area contributed by atoms with Crippen LogP contribution in [0.25, 0.3) is 21.8 Å². The minimum atomic E-state index is -3.29. The van der Waals surface area contributed by atoms with Crippen molar-refractivity contribution in [1.82, 2.24) is 19.5 Å². The molecule has 14 nitrogen and oxygen atoms in total. The van der Waals surface area contributed by atoms with Gasteiger partial charge in [-0.15, -0.1) is 5.10 Å². The minimum absolute atomic E-state index is 0.0513. The second-order valence-corrected chi connectivity index (χ2v) is 19.2. The second kappa shape index (κ2) is 18.7. The highest BCUT2D eigenvalue weighted by atomic mass is 32.2. The summed E-state index contributed by atoms with van der Waals surface area (Å²) in [5.41, 5.74) is 6.06. The van der Waals surface area contributed by atoms with Gasteiger partial charge in [0.15, 0.2) is 17.5 Å². The van der Waals surface area contributed by atoms with E-state index in [0.29, 0.717) is 36.2 Å². The Labute approximate surface area is 348 Å². The van der Waals surface area contributed by atoms with E-state index in [9.17, 15) is 21.6 Å². The molecular weight excluding hydrogens is 789 g/mol. The lowest BCUT2D eigenvalue weighted by Crippen LogP contribution is -2.37. The van der Waals surface area contributed by atoms with Gasteiger partial charge in [0.05, 0.1) is 24.8 Å². The number of aryl methyl sites for hydroxylation is 3. The zero-order valence-electron chi connectivity index (χ0n) is 35.1. The molecule has 2 heterocycles. The van der Waals surface area contributed by atoms with Gasteiger partial charge in [-0.2, -0.15) is 0 Å². The van der Waals surface area contributed by atoms with E-state index in [0.717, 1.165) is 53.3 Å². The minimum Gasteiger partial charge on any atom is -0.459 e. The molecular formula is C43H54N8O6S2. The third-order valence-electron chi connectivity index (χ3n) is 10.3. The summed E-state index contributed by atoms with van der Waals surface area (Å²) in [7, 11) is -6.43. The van der Waals surface area contributed by atoms with Crippen molar-refractivity contribution in [2.75, 3.05) is 41.8 Å². The first-order chi connectivity index (χ1) is 27.8. The molecule has 1 saturated carbocycles. The molecule has 59 heavy (non-hydrogen) atoms. The Morgan fingerprint density at radius 1 is 0.932 bits per heavy atom. The predicted octanol–water partition coefficient (Wildman–Crippen LogP) is 7.14. The number of benzene rings is 3. The van der Waals surface area contributed by atoms with Crippen LogP contribution in [0.15, 0.2) is 77.4 Å². The lowest BCUT2D eigenvalue weighted by molar-refractivity contribution is -0.150. The molecule has 16 heteroatoms. The number of anilines is 2. The maximum absolute atomic E-state index is 14.0. The number of carbonyl (C=O) groups excluding carboxylic acids is 1. The Balaban J connectivity index is 0.000000473. The molecule has 2 aliphatic rings. The summed E-state index contributed by atoms with van der Waals surface area (Å²) in [6.45, 7) is 23.9. The summed E-state index contributed by atoms with van der Waals surface area (Å²) in [5, 5.41) is 4.75. The first-order valence-electron chi connectivity index (χ1n) is 19.6. The van der Waals surface area contributed by atoms with Crippen LogP contribution in [0.5, 0.6) is 0 Å². The summed E-state index contributed by atoms with van der Waals surface area (Å²) < 4.78 is 57.2. The highest BCUT2D eigenvalue weighted by Crippen LogP contribution is 2.38. The van der Waals surface area contributed by atoms with Gasteiger partial charge in [-0.05, 0) is 94.2 Å². The first-order valence-corrected chi connectivity index (χ1v) is 23.4. The van der Waals surface area contributed by atoms with Crippen LogP contribution >= 0.6 is 0 Å². The summed E-state index contributed by atoms with van der Waals surface area (Å²) in [4.78, 5) is 29.5. The van der Waals surface area contributed by atoms with Crippen molar-refractivity contribution in [2.45, 2.75) is 67.4 Å². The fraction of sp³-hybridized carbons (Fsp3) is 0.419. The van der Waals surface area contributed by atoms with E-state index in [1.54, 1.807) is 12.1 Å². The van der Waals surface area contributed by atoms with E-state index in [2.05, 4.69) is 40.0 Å². The second-order valence-electron chi connectivity index (χ2n) is 15.7. The van der Waals surface area contributed by atoms with Crippen molar-refractivity contribution < 1.29 is 26.4 Å². The first kappa shape index (κ1) is 44.7. The molecule has 4 aromatic rings. The number of rotatable bonds is 12. The van der Waals surface area contributed by atoms with E-state index in [1.165, 1.54) is 4.68 Å². The van der Waals surface area contributed by atoms with Crippen molar-refractivity contribution in [3.05, 3.63) is 106 Å². The van der Waals surface area contributed by atoms with Gasteiger partial charge in [0.2, 0.25) is 25.7 Å². The summed E-state index contributed by atoms with van der Waals surface area (Å²) in [5.74, 6) is 1.23. The molecule has 6 rings (SSSR count). The van der Waals surface area contributed by atoms with E-state index >= 15 is 0 Å². The van der Waals surface area contributed by atoms with Crippen LogP contribution in [0.2, 0.25) is 0 Å². The van der Waals surface area contributed by atoms with Gasteiger partial charge in [-0.1, -0.05) is 68.3 Å². The van der Waals surface area contributed by atoms with Crippen LogP contribution in [0.4, 0.5) is 17.1 Å². The molecule has 2 atom stereocenters. The number of nitrogens with zero attached hydrogens (tertiary/aromatic N) is 6. The summed E-state index contributed by atoms with van der Waals surface area (Å²) in [6, 6.07) is 20.7. The van der Waals surface area contributed by atoms with Crippen molar-refractivity contribution >= 4 is 54.5 Å². The number of allylic oxidation sites excluding steroid dienone is 1. The number of esters is 1. The molecule has 0 amide bonds. The van der Waals surface area contributed by atoms with Crippen molar-refractivity contribution in [2.24, 2.45) is 22.7 Å². The molecule has 0 saturated heterocycles. The number of carbonyl (C=O) groups is 1. The number of sulfonamides is 2. The Morgan fingerprint density at radius 3 is 2.08 bits per heavy atom. The molecule has 314 valence electrons. The third-order valence-corrected chi connectivity index (χ3v) is 11.6. The Bertz CT molecular complexity index is 2480. The Hall–Kier alpha value is -5.37. The fourth-order valence-corrected chi connectivity index (χ4v) is 8.54. The van der Waals surface area contributed by atoms with Crippen LogP contribution in [0, 0.1) is 45.1 Å². The average Bonchev–Trinajstić information content (AvgIpc) is 3.70. The molecule has 1 fully saturated rings. The lowest BCUT2D eigenvalue weighted by atomic mass is 9.75. The number of hydrogen-bond donors (Lipinski definition) is 2. The van der Waals surface area contributed by atoms with Crippen molar-refractivity contribution in [3.8, 4) is 11.4 Å². The van der Waals surface area contributed by atoms with Gasteiger partial charge >= 0.3 is 5.97 Å². The fourth-order valence-electron chi connectivity index (χ4n) is 7.52. The van der Waals surface area contributed by atoms with Gasteiger partial charge in [0, 0.05) is 36.6 Å². The number of fused-ring (bicyclic) bond motifs is 1. The molecule has 1 aliphatic carbocycles. The van der Waals surface area contributed by atoms with Gasteiger partial charge in [0.25, 0.3) is 0 Å². The molecule has 0 spiro atoms. The number of aromatic nitrogens is 3. The summed E-state index contributed by atoms with van der Waals surface area (Å²) >= 11 is 0. The molecule has 2 N–H and O–H groups in total. The topological polar surface area (TPSA) is 169 Å². The predicted molar refractivity (Wildman–Crippen MR) is 234 cm³/mol. The van der Waals surface area contributed by atoms with E-state index < -0.39 is 26.0 Å². The number of nitrogens with one attached hydrogen (secondary N) is 2. The van der Waals surface area contributed by atoms with E-state index in [4.69, 9.17) is 26.4 Å². The maximum Gasteiger partial charge on any atom is 0.331 e. The third kappa shape index (κ3) is 11.6. The van der Waals surface area contributed by atoms with Crippen LogP contribution in [0.1, 0.15) is 63.1 Å². The van der Waals surface area contributed by atoms with E-state index in [-0.39, 0.29) is 47.4 Å². The zero-order valence-corrected chi connectivity index (χ0v) is 36.8. The molecule has 0 radical (unpaired) electrons. The smallest absolute Gasteiger partial charge is 0.331 e. The van der Waals surface area contributed by atoms with Gasteiger partial charge in [-0.25, -0.2) is 45.9 Å². The number of aliphatic imine (C=N–C) groups is 1. The lowest BCUT2D eigenvalue weighted by Gasteiger charge is -2.37. The number of likely N-dealkylation sites (N-methyl/N-ethyl adjacent to an activating group) is 1. The largest absolute Gasteiger partial charge is 0.459 e. The van der Waals surface area contributed by atoms with Crippen LogP contribution < -0.4 is 14.3 Å². The number of ether oxygens (including phenoxy) is 1. The molecule has 1 aliphatic heterocycles. The Morgan fingerprint density at radius 2 is 1.54 bits per heavy atom. The quantitative estimate of drug-likeness (QED) is 0.111. The van der Waals surface area contributed by atoms with E-state index in [1.807, 2.05) is 82.3 Å². The Kier molecular flexibility index (Phi) is 14.2. The standard InChI is InChI=1S/C35H43N7O4S.C8H11NO2S/c1-9-41(17-16-37-47(8,44)45)27-14-15-28(23(4)20-27)38-34-30(36-7)29(35(43)46-31-24(5)18-22(3)19-25(31)6)33-39-32(40-42(33)34)26-12-10-21(2)11-13-26;1-7-3-5-8(6-4-7)9-12(2,10)11/h10-15,20,22,24-25,31,37H,9,16-19H2,1-6,8H3;3-6,9H,1-2H3.